The Kier molecular flexibility index (Phi) is 28.0. The average Bonchev–Trinajstić information content (AvgIpc) is 1.55. The second-order valence-corrected chi connectivity index (χ2v) is 43.8. The highest BCUT2D eigenvalue weighted by molar-refractivity contribution is 6.04. The number of hydrogen-bond donors (Lipinski definition) is 10. The molecule has 0 saturated carbocycles. The summed E-state index contributed by atoms with van der Waals surface area (Å²) >= 11 is 0. The number of nitrogens with zero attached hydrogens (tertiary/aromatic N) is 10. The van der Waals surface area contributed by atoms with Crippen molar-refractivity contribution in [1.29, 1.82) is 0 Å². The molecular weight excluding hydrogens is 1780 g/mol. The van der Waals surface area contributed by atoms with Gasteiger partial charge in [-0.05, 0) is 248 Å². The fourth-order valence-electron chi connectivity index (χ4n) is 27.4. The van der Waals surface area contributed by atoms with Gasteiger partial charge in [-0.15, -0.1) is 0 Å². The molecule has 13 aliphatic rings. The molecule has 18 unspecified atom stereocenters. The van der Waals surface area contributed by atoms with Crippen molar-refractivity contribution < 1.29 is 62.7 Å². The topological polar surface area (TPSA) is 288 Å². The smallest absolute Gasteiger partial charge is 0.267 e. The molecule has 18 atom stereocenters. The molecule has 10 aromatic rings. The number of nitrogens with one attached hydrogen (secondary N) is 5. The first-order valence-corrected chi connectivity index (χ1v) is 52.0. The van der Waals surface area contributed by atoms with Crippen LogP contribution in [0.4, 0.5) is 13.2 Å². The molecule has 8 aliphatic heterocycles. The quantitative estimate of drug-likeness (QED) is 0.0339. The van der Waals surface area contributed by atoms with Crippen molar-refractivity contribution in [3.8, 4) is 0 Å². The third-order valence-corrected chi connectivity index (χ3v) is 35.0. The lowest BCUT2D eigenvalue weighted by molar-refractivity contribution is -0.130. The summed E-state index contributed by atoms with van der Waals surface area (Å²) in [5.41, 5.74) is 28.2. The minimum absolute atomic E-state index is 0.00260. The first kappa shape index (κ1) is 99.5. The van der Waals surface area contributed by atoms with E-state index in [1.54, 1.807) is 11.3 Å². The molecule has 141 heavy (non-hydrogen) atoms. The third-order valence-electron chi connectivity index (χ3n) is 35.0. The van der Waals surface area contributed by atoms with E-state index in [1.807, 2.05) is 33.9 Å². The van der Waals surface area contributed by atoms with Gasteiger partial charge in [0.05, 0.1) is 86.8 Å². The van der Waals surface area contributed by atoms with Crippen LogP contribution in [-0.4, -0.2) is 276 Å². The largest absolute Gasteiger partial charge is 0.394 e. The Hall–Kier alpha value is -10.2. The summed E-state index contributed by atoms with van der Waals surface area (Å²) in [7, 11) is 14.7. The van der Waals surface area contributed by atoms with Crippen molar-refractivity contribution in [3.05, 3.63) is 194 Å². The maximum absolute atomic E-state index is 13.7. The van der Waals surface area contributed by atoms with E-state index in [9.17, 15) is 62.7 Å². The Morgan fingerprint density at radius 2 is 0.780 bits per heavy atom. The molecule has 0 spiro atoms. The normalized spacial score (nSPS) is 26.3. The third kappa shape index (κ3) is 17.7. The van der Waals surface area contributed by atoms with E-state index < -0.39 is 49.2 Å². The van der Waals surface area contributed by atoms with Crippen molar-refractivity contribution in [2.75, 3.05) is 101 Å². The molecule has 5 amide bonds. The van der Waals surface area contributed by atoms with Crippen molar-refractivity contribution in [3.63, 3.8) is 0 Å². The highest BCUT2D eigenvalue weighted by Crippen LogP contribution is 2.55. The van der Waals surface area contributed by atoms with E-state index in [4.69, 9.17) is 0 Å². The minimum atomic E-state index is -3.18. The zero-order valence-corrected chi connectivity index (χ0v) is 84.7. The van der Waals surface area contributed by atoms with Crippen LogP contribution >= 0.6 is 0 Å². The van der Waals surface area contributed by atoms with Gasteiger partial charge in [0.25, 0.3) is 5.92 Å². The second-order valence-electron chi connectivity index (χ2n) is 43.8. The first-order chi connectivity index (χ1) is 67.7. The number of carbonyl (C=O) groups is 5. The molecule has 5 aromatic carbocycles. The van der Waals surface area contributed by atoms with Crippen LogP contribution in [0.5, 0.6) is 0 Å². The lowest BCUT2D eigenvalue weighted by Crippen LogP contribution is -2.59. The van der Waals surface area contributed by atoms with Gasteiger partial charge in [0.1, 0.15) is 12.2 Å². The number of benzene rings is 5. The molecule has 2 fully saturated rings. The number of aliphatic hydroxyl groups excluding tert-OH is 5. The van der Waals surface area contributed by atoms with Crippen LogP contribution in [0.3, 0.4) is 0 Å². The second kappa shape index (κ2) is 39.7. The summed E-state index contributed by atoms with van der Waals surface area (Å²) in [5, 5.41) is 68.0. The molecule has 25 nitrogen and oxygen atoms in total. The van der Waals surface area contributed by atoms with E-state index in [2.05, 4.69) is 246 Å². The summed E-state index contributed by atoms with van der Waals surface area (Å²) < 4.78 is 52.8. The molecule has 10 N–H and O–H groups in total. The maximum Gasteiger partial charge on any atom is 0.267 e. The lowest BCUT2D eigenvalue weighted by atomic mass is 9.61. The number of rotatable bonds is 20. The van der Waals surface area contributed by atoms with Gasteiger partial charge in [-0.1, -0.05) is 114 Å². The van der Waals surface area contributed by atoms with Crippen LogP contribution in [0.2, 0.25) is 0 Å². The van der Waals surface area contributed by atoms with Crippen molar-refractivity contribution in [2.45, 2.75) is 254 Å². The van der Waals surface area contributed by atoms with Crippen LogP contribution in [0.15, 0.2) is 122 Å². The van der Waals surface area contributed by atoms with Gasteiger partial charge >= 0.3 is 0 Å². The van der Waals surface area contributed by atoms with E-state index >= 15 is 0 Å². The molecule has 754 valence electrons. The Labute approximate surface area is 826 Å². The first-order valence-electron chi connectivity index (χ1n) is 52.0. The molecule has 23 rings (SSSR count). The molecule has 13 heterocycles. The number of halogens is 3. The molecule has 0 radical (unpaired) electrons. The lowest BCUT2D eigenvalue weighted by Gasteiger charge is -2.52. The maximum atomic E-state index is 13.7. The molecule has 28 heteroatoms. The Morgan fingerprint density at radius 1 is 0.418 bits per heavy atom. The van der Waals surface area contributed by atoms with E-state index in [0.29, 0.717) is 44.7 Å². The van der Waals surface area contributed by atoms with Crippen LogP contribution in [0.1, 0.15) is 173 Å². The number of alkyl halides is 3. The highest BCUT2D eigenvalue weighted by Gasteiger charge is 2.54. The SMILES string of the molecule is CC(F)C(CO)NC(=O)C1C=C2c3cccc4c3c(c3n4CCC3)CC2N(C)C1.CCC(CO)NC(=O)C1C=C2c3cccc4c3c(cn4C)CC2N(C)C1.CCC(CO)NC(=O)C1CN(C)C2Cc3c4n(c5cccc(c35)C2(C)C1)CCC4.CCC(CO)NC(=O)C1CN(C)C2Cc3cn(C)c4cccc(c34)C2(C)C1.CN1CC(C(=O)NC(CO)C(C)(F)F)C=C2c3cccc4c3c(c3n4CCC3)CC21. The zero-order valence-electron chi connectivity index (χ0n) is 84.7. The molecular formula is C113H146F3N15O10. The highest BCUT2D eigenvalue weighted by atomic mass is 19.3. The number of likely N-dealkylation sites (N-methyl/N-ethyl adjacent to an activating group) is 5. The van der Waals surface area contributed by atoms with Gasteiger partial charge in [-0.25, -0.2) is 13.2 Å². The molecule has 0 bridgehead atoms. The number of aromatic nitrogens is 5. The monoisotopic (exact) mass is 1930 g/mol. The van der Waals surface area contributed by atoms with Crippen LogP contribution in [-0.2, 0) is 120 Å². The number of hydrogen-bond acceptors (Lipinski definition) is 15. The van der Waals surface area contributed by atoms with Crippen LogP contribution in [0, 0.1) is 29.6 Å². The Morgan fingerprint density at radius 3 is 1.19 bits per heavy atom. The van der Waals surface area contributed by atoms with E-state index in [0.717, 1.165) is 121 Å². The van der Waals surface area contributed by atoms with E-state index in [-0.39, 0.29) is 108 Å². The van der Waals surface area contributed by atoms with E-state index in [1.165, 1.54) is 154 Å². The number of amides is 5. The van der Waals surface area contributed by atoms with Gasteiger partial charge in [0, 0.05) is 198 Å². The van der Waals surface area contributed by atoms with Crippen molar-refractivity contribution in [1.82, 2.24) is 73.9 Å². The summed E-state index contributed by atoms with van der Waals surface area (Å²) in [6, 6.07) is 31.4. The standard InChI is InChI=1S/C24H33N3O2.C23H27F2N3O2.C23H28FN3O2.C22H31N3O2.C21H27N3O2/c1-4-16(14-28)25-23(29)15-12-24(2)18-7-5-8-20-22(18)17(11-21(24)26(3)13-15)19-9-6-10-27(19)20;1-23(24,25)20(12-29)26-22(30)13-9-15-14-5-3-6-18-21(14)16(10-19(15)27(2)11-13)17-7-4-8-28(17)18;1-13(24)18(12-28)25-23(29)14-9-16-15-5-3-6-20-22(15)17(10-21(16)26(2)11-14)19-7-4-8-27(19)20;1-5-16(13-26)23-21(27)15-10-22(2)17-7-6-8-18-20(17)14(11-24(18)3)9-19(22)25(4)12-15;1-4-15(12-25)22-21(26)14-8-17-16-6-5-7-18-20(16)13(10-23(18)2)9-19(17)24(3)11-14/h5,7-8,15-16,21,28H,4,6,9-14H2,1-3H3,(H,25,29);3,5-6,9,13,19-20,29H,4,7-8,10-12H2,1-2H3,(H,26,30);3,5-6,9,13-14,18,21,28H,4,7-8,10-12H2,1-2H3,(H,25,29);6-8,11,15-16,19,26H,5,9-10,12-13H2,1-4H3,(H,23,27);5-8,10,14-15,19,25H,4,9,11-12H2,1-3H3,(H,22,26). The summed E-state index contributed by atoms with van der Waals surface area (Å²) in [5.74, 6) is -4.88. The summed E-state index contributed by atoms with van der Waals surface area (Å²) in [6.45, 7) is 18.1. The number of piperidine rings is 2. The molecule has 5 aliphatic carbocycles. The van der Waals surface area contributed by atoms with Crippen molar-refractivity contribution >= 4 is 101 Å². The number of likely N-dealkylation sites (tertiary alicyclic amines) is 2. The minimum Gasteiger partial charge on any atom is -0.394 e. The Balaban J connectivity index is 0.000000112. The summed E-state index contributed by atoms with van der Waals surface area (Å²) in [4.78, 5) is 75.9. The predicted octanol–water partition coefficient (Wildman–Crippen LogP) is 11.6. The van der Waals surface area contributed by atoms with Gasteiger partial charge in [-0.3, -0.25) is 38.7 Å². The predicted molar refractivity (Wildman–Crippen MR) is 550 cm³/mol. The van der Waals surface area contributed by atoms with Gasteiger partial charge in [-0.2, -0.15) is 0 Å². The fourth-order valence-corrected chi connectivity index (χ4v) is 27.4. The average molecular weight is 1930 g/mol. The van der Waals surface area contributed by atoms with Crippen molar-refractivity contribution in [2.24, 2.45) is 43.7 Å². The van der Waals surface area contributed by atoms with Gasteiger partial charge < -0.3 is 84.8 Å². The Bertz CT molecular complexity index is 6580. The number of carbonyl (C=O) groups excluding carboxylic acids is 5. The molecule has 5 aromatic heterocycles. The van der Waals surface area contributed by atoms with Gasteiger partial charge in [0.15, 0.2) is 0 Å². The van der Waals surface area contributed by atoms with Crippen LogP contribution < -0.4 is 26.6 Å². The zero-order chi connectivity index (χ0) is 99.6. The number of fused-ring (bicyclic) bond motifs is 19. The van der Waals surface area contributed by atoms with Crippen LogP contribution in [0.25, 0.3) is 71.2 Å². The van der Waals surface area contributed by atoms with Gasteiger partial charge in [0.2, 0.25) is 29.5 Å². The fraction of sp³-hybridized carbons (Fsp3) is 0.549. The summed E-state index contributed by atoms with van der Waals surface area (Å²) in [6.07, 6.45) is 25.5. The number of aryl methyl sites for hydroxylation is 5. The number of aliphatic hydroxyl groups is 5. The molecule has 2 saturated heterocycles.